The number of rotatable bonds is 3. The molecule has 0 bridgehead atoms. The van der Waals surface area contributed by atoms with Crippen LogP contribution in [0.25, 0.3) is 5.69 Å². The summed E-state index contributed by atoms with van der Waals surface area (Å²) in [4.78, 5) is 0. The van der Waals surface area contributed by atoms with Gasteiger partial charge in [-0.05, 0) is 30.5 Å². The molecule has 1 aromatic heterocycles. The number of benzene rings is 1. The largest absolute Gasteiger partial charge is 0.325 e. The van der Waals surface area contributed by atoms with Crippen molar-refractivity contribution < 1.29 is 0 Å². The molecule has 1 heterocycles. The van der Waals surface area contributed by atoms with E-state index in [2.05, 4.69) is 24.2 Å². The number of hydrogen-bond donors (Lipinski definition) is 1. The van der Waals surface area contributed by atoms with Crippen LogP contribution in [0, 0.1) is 6.92 Å². The van der Waals surface area contributed by atoms with E-state index in [9.17, 15) is 0 Å². The van der Waals surface area contributed by atoms with Gasteiger partial charge in [0.2, 0.25) is 0 Å². The highest BCUT2D eigenvalue weighted by atomic mass is 35.5. The van der Waals surface area contributed by atoms with Crippen LogP contribution in [-0.2, 0) is 6.54 Å². The summed E-state index contributed by atoms with van der Waals surface area (Å²) in [5, 5.41) is 9.04. The minimum Gasteiger partial charge on any atom is -0.325 e. The molecule has 0 atom stereocenters. The summed E-state index contributed by atoms with van der Waals surface area (Å²) in [5.41, 5.74) is 9.53. The van der Waals surface area contributed by atoms with Crippen LogP contribution in [-0.4, -0.2) is 15.0 Å². The Hall–Kier alpha value is -1.39. The summed E-state index contributed by atoms with van der Waals surface area (Å²) in [5.74, 6) is 0.304. The Morgan fingerprint density at radius 3 is 2.67 bits per heavy atom. The summed E-state index contributed by atoms with van der Waals surface area (Å²) < 4.78 is 1.82. The standard InChI is InChI=1S/C13H17ClN4/c1-8(2)13-12(7-15)16-17-18(13)10-5-4-9(3)11(14)6-10/h4-6,8H,7,15H2,1-3H3. The predicted molar refractivity (Wildman–Crippen MR) is 73.1 cm³/mol. The Kier molecular flexibility index (Phi) is 3.68. The van der Waals surface area contributed by atoms with Gasteiger partial charge in [0.15, 0.2) is 0 Å². The van der Waals surface area contributed by atoms with Crippen LogP contribution in [0.4, 0.5) is 0 Å². The number of aryl methyl sites for hydroxylation is 1. The highest BCUT2D eigenvalue weighted by Gasteiger charge is 2.16. The van der Waals surface area contributed by atoms with Crippen molar-refractivity contribution in [3.05, 3.63) is 40.2 Å². The Balaban J connectivity index is 2.56. The van der Waals surface area contributed by atoms with Gasteiger partial charge in [-0.15, -0.1) is 5.10 Å². The van der Waals surface area contributed by atoms with E-state index in [1.807, 2.05) is 29.8 Å². The van der Waals surface area contributed by atoms with E-state index in [0.29, 0.717) is 12.5 Å². The second-order valence-electron chi connectivity index (χ2n) is 4.63. The number of halogens is 1. The molecular weight excluding hydrogens is 248 g/mol. The Morgan fingerprint density at radius 1 is 1.39 bits per heavy atom. The molecule has 0 saturated heterocycles. The molecule has 96 valence electrons. The molecule has 0 unspecified atom stereocenters. The lowest BCUT2D eigenvalue weighted by atomic mass is 10.1. The van der Waals surface area contributed by atoms with Crippen molar-refractivity contribution in [2.24, 2.45) is 5.73 Å². The van der Waals surface area contributed by atoms with E-state index in [1.165, 1.54) is 0 Å². The van der Waals surface area contributed by atoms with E-state index in [0.717, 1.165) is 27.7 Å². The minimum absolute atomic E-state index is 0.304. The second-order valence-corrected chi connectivity index (χ2v) is 5.03. The van der Waals surface area contributed by atoms with Crippen LogP contribution in [0.15, 0.2) is 18.2 Å². The van der Waals surface area contributed by atoms with Crippen molar-refractivity contribution in [2.75, 3.05) is 0 Å². The zero-order valence-corrected chi connectivity index (χ0v) is 11.6. The third-order valence-electron chi connectivity index (χ3n) is 2.92. The lowest BCUT2D eigenvalue weighted by molar-refractivity contribution is 0.714. The Labute approximate surface area is 112 Å². The molecule has 2 rings (SSSR count). The van der Waals surface area contributed by atoms with Gasteiger partial charge >= 0.3 is 0 Å². The molecule has 0 aliphatic carbocycles. The monoisotopic (exact) mass is 264 g/mol. The first-order chi connectivity index (χ1) is 8.54. The number of hydrogen-bond acceptors (Lipinski definition) is 3. The van der Waals surface area contributed by atoms with E-state index in [4.69, 9.17) is 17.3 Å². The van der Waals surface area contributed by atoms with Crippen molar-refractivity contribution in [1.82, 2.24) is 15.0 Å². The van der Waals surface area contributed by atoms with Crippen LogP contribution in [0.2, 0.25) is 5.02 Å². The van der Waals surface area contributed by atoms with Gasteiger partial charge < -0.3 is 5.73 Å². The molecule has 0 spiro atoms. The van der Waals surface area contributed by atoms with Gasteiger partial charge in [-0.3, -0.25) is 0 Å². The molecule has 0 aliphatic rings. The second kappa shape index (κ2) is 5.08. The molecule has 4 nitrogen and oxygen atoms in total. The van der Waals surface area contributed by atoms with Gasteiger partial charge in [-0.1, -0.05) is 36.7 Å². The van der Waals surface area contributed by atoms with Gasteiger partial charge in [0.25, 0.3) is 0 Å². The third kappa shape index (κ3) is 2.26. The fraction of sp³-hybridized carbons (Fsp3) is 0.385. The van der Waals surface area contributed by atoms with Crippen LogP contribution in [0.3, 0.4) is 0 Å². The number of nitrogens with two attached hydrogens (primary N) is 1. The first kappa shape index (κ1) is 13.1. The lowest BCUT2D eigenvalue weighted by Gasteiger charge is -2.11. The first-order valence-corrected chi connectivity index (χ1v) is 6.33. The van der Waals surface area contributed by atoms with Gasteiger partial charge in [-0.25, -0.2) is 4.68 Å². The van der Waals surface area contributed by atoms with Gasteiger partial charge in [-0.2, -0.15) is 0 Å². The summed E-state index contributed by atoms with van der Waals surface area (Å²) in [7, 11) is 0. The molecule has 5 heteroatoms. The summed E-state index contributed by atoms with van der Waals surface area (Å²) in [6.07, 6.45) is 0. The highest BCUT2D eigenvalue weighted by molar-refractivity contribution is 6.31. The highest BCUT2D eigenvalue weighted by Crippen LogP contribution is 2.24. The van der Waals surface area contributed by atoms with Crippen LogP contribution in [0.5, 0.6) is 0 Å². The van der Waals surface area contributed by atoms with E-state index < -0.39 is 0 Å². The Bertz CT molecular complexity index is 560. The molecule has 0 saturated carbocycles. The zero-order chi connectivity index (χ0) is 13.3. The zero-order valence-electron chi connectivity index (χ0n) is 10.8. The smallest absolute Gasteiger partial charge is 0.100 e. The molecule has 0 fully saturated rings. The van der Waals surface area contributed by atoms with Crippen LogP contribution in [0.1, 0.15) is 36.7 Å². The molecule has 2 aromatic rings. The summed E-state index contributed by atoms with van der Waals surface area (Å²) in [6.45, 7) is 6.57. The van der Waals surface area contributed by atoms with Crippen molar-refractivity contribution >= 4 is 11.6 Å². The summed E-state index contributed by atoms with van der Waals surface area (Å²) in [6, 6.07) is 5.87. The average Bonchev–Trinajstić information content (AvgIpc) is 2.76. The van der Waals surface area contributed by atoms with E-state index >= 15 is 0 Å². The summed E-state index contributed by atoms with van der Waals surface area (Å²) >= 11 is 6.15. The number of nitrogens with zero attached hydrogens (tertiary/aromatic N) is 3. The maximum Gasteiger partial charge on any atom is 0.100 e. The fourth-order valence-electron chi connectivity index (χ4n) is 1.95. The molecule has 0 aliphatic heterocycles. The van der Waals surface area contributed by atoms with Gasteiger partial charge in [0.1, 0.15) is 5.69 Å². The van der Waals surface area contributed by atoms with Crippen LogP contribution >= 0.6 is 11.6 Å². The van der Waals surface area contributed by atoms with Gasteiger partial charge in [0, 0.05) is 11.6 Å². The molecule has 0 amide bonds. The van der Waals surface area contributed by atoms with Crippen molar-refractivity contribution in [3.63, 3.8) is 0 Å². The van der Waals surface area contributed by atoms with Crippen LogP contribution < -0.4 is 5.73 Å². The molecular formula is C13H17ClN4. The van der Waals surface area contributed by atoms with Gasteiger partial charge in [0.05, 0.1) is 11.4 Å². The SMILES string of the molecule is Cc1ccc(-n2nnc(CN)c2C(C)C)cc1Cl. The maximum atomic E-state index is 6.15. The molecule has 0 radical (unpaired) electrons. The predicted octanol–water partition coefficient (Wildman–Crippen LogP) is 2.81. The minimum atomic E-state index is 0.304. The normalized spacial score (nSPS) is 11.2. The molecule has 1 aromatic carbocycles. The molecule has 18 heavy (non-hydrogen) atoms. The van der Waals surface area contributed by atoms with Crippen molar-refractivity contribution in [1.29, 1.82) is 0 Å². The van der Waals surface area contributed by atoms with Crippen molar-refractivity contribution in [2.45, 2.75) is 33.2 Å². The average molecular weight is 265 g/mol. The topological polar surface area (TPSA) is 56.7 Å². The maximum absolute atomic E-state index is 6.15. The first-order valence-electron chi connectivity index (χ1n) is 5.95. The fourth-order valence-corrected chi connectivity index (χ4v) is 2.12. The third-order valence-corrected chi connectivity index (χ3v) is 3.33. The van der Waals surface area contributed by atoms with Crippen molar-refractivity contribution in [3.8, 4) is 5.69 Å². The van der Waals surface area contributed by atoms with E-state index in [-0.39, 0.29) is 0 Å². The molecule has 2 N–H and O–H groups in total. The van der Waals surface area contributed by atoms with E-state index in [1.54, 1.807) is 0 Å². The quantitative estimate of drug-likeness (QED) is 0.927. The lowest BCUT2D eigenvalue weighted by Crippen LogP contribution is -2.07. The Morgan fingerprint density at radius 2 is 2.11 bits per heavy atom. The number of aromatic nitrogens is 3.